The maximum absolute atomic E-state index is 12.3. The van der Waals surface area contributed by atoms with E-state index in [9.17, 15) is 9.59 Å². The molecule has 0 radical (unpaired) electrons. The summed E-state index contributed by atoms with van der Waals surface area (Å²) in [5.41, 5.74) is 9.58. The second-order valence-corrected chi connectivity index (χ2v) is 4.66. The van der Waals surface area contributed by atoms with Gasteiger partial charge in [0.1, 0.15) is 6.54 Å². The average Bonchev–Trinajstić information content (AvgIpc) is 2.91. The first-order valence-electron chi connectivity index (χ1n) is 7.13. The number of hydrogen-bond donors (Lipinski definition) is 1. The van der Waals surface area contributed by atoms with E-state index in [2.05, 4.69) is 20.3 Å². The van der Waals surface area contributed by atoms with Gasteiger partial charge in [0.15, 0.2) is 0 Å². The molecule has 1 heterocycles. The Morgan fingerprint density at radius 1 is 1.43 bits per heavy atom. The van der Waals surface area contributed by atoms with E-state index in [-0.39, 0.29) is 12.5 Å². The molecule has 1 N–H and O–H groups in total. The van der Waals surface area contributed by atoms with Crippen molar-refractivity contribution in [2.24, 2.45) is 5.11 Å². The Balaban J connectivity index is 2.12. The SMILES string of the molecule is CCCCOC(=O)CNC(=O)n1c(N=[N+]=[N-])nc2ccccc21. The second kappa shape index (κ2) is 7.81. The van der Waals surface area contributed by atoms with Gasteiger partial charge in [-0.25, -0.2) is 14.3 Å². The molecule has 0 aliphatic carbocycles. The molecule has 0 saturated carbocycles. The molecule has 0 spiro atoms. The first-order valence-corrected chi connectivity index (χ1v) is 7.13. The summed E-state index contributed by atoms with van der Waals surface area (Å²) in [4.78, 5) is 30.5. The van der Waals surface area contributed by atoms with Crippen molar-refractivity contribution >= 4 is 29.0 Å². The monoisotopic (exact) mass is 316 g/mol. The number of para-hydroxylation sites is 2. The smallest absolute Gasteiger partial charge is 0.328 e. The summed E-state index contributed by atoms with van der Waals surface area (Å²) < 4.78 is 6.07. The number of aromatic nitrogens is 2. The van der Waals surface area contributed by atoms with Gasteiger partial charge in [0.2, 0.25) is 5.95 Å². The van der Waals surface area contributed by atoms with Gasteiger partial charge in [-0.15, -0.1) is 0 Å². The van der Waals surface area contributed by atoms with Crippen molar-refractivity contribution in [3.63, 3.8) is 0 Å². The van der Waals surface area contributed by atoms with Crippen LogP contribution in [0.5, 0.6) is 0 Å². The van der Waals surface area contributed by atoms with Gasteiger partial charge in [-0.1, -0.05) is 25.5 Å². The molecule has 9 heteroatoms. The Morgan fingerprint density at radius 3 is 2.96 bits per heavy atom. The summed E-state index contributed by atoms with van der Waals surface area (Å²) in [6.07, 6.45) is 1.68. The van der Waals surface area contributed by atoms with Crippen molar-refractivity contribution in [2.45, 2.75) is 19.8 Å². The standard InChI is InChI=1S/C14H16N6O3/c1-2-3-8-23-12(21)9-16-14(22)20-11-7-5-4-6-10(11)17-13(20)18-19-15/h4-7H,2-3,8-9H2,1H3,(H,16,22). The summed E-state index contributed by atoms with van der Waals surface area (Å²) in [5.74, 6) is -0.618. The maximum Gasteiger partial charge on any atom is 0.328 e. The lowest BCUT2D eigenvalue weighted by Crippen LogP contribution is -2.33. The molecule has 2 rings (SSSR count). The third-order valence-electron chi connectivity index (χ3n) is 3.03. The molecule has 1 aromatic carbocycles. The summed E-state index contributed by atoms with van der Waals surface area (Å²) in [6.45, 7) is 2.03. The lowest BCUT2D eigenvalue weighted by Gasteiger charge is -2.08. The van der Waals surface area contributed by atoms with Crippen LogP contribution in [0.4, 0.5) is 10.7 Å². The van der Waals surface area contributed by atoms with Gasteiger partial charge in [-0.3, -0.25) is 4.79 Å². The molecule has 0 aliphatic heterocycles. The lowest BCUT2D eigenvalue weighted by molar-refractivity contribution is -0.142. The molecule has 0 atom stereocenters. The molecule has 0 fully saturated rings. The largest absolute Gasteiger partial charge is 0.464 e. The predicted octanol–water partition coefficient (Wildman–Crippen LogP) is 2.88. The highest BCUT2D eigenvalue weighted by Gasteiger charge is 2.16. The Hall–Kier alpha value is -3.06. The topological polar surface area (TPSA) is 122 Å². The zero-order valence-corrected chi connectivity index (χ0v) is 12.6. The highest BCUT2D eigenvalue weighted by molar-refractivity contribution is 5.93. The number of nitrogens with one attached hydrogen (secondary N) is 1. The Bertz CT molecular complexity index is 763. The highest BCUT2D eigenvalue weighted by atomic mass is 16.5. The molecule has 0 bridgehead atoms. The summed E-state index contributed by atoms with van der Waals surface area (Å²) in [7, 11) is 0. The van der Waals surface area contributed by atoms with Gasteiger partial charge in [0, 0.05) is 4.91 Å². The molecule has 0 saturated heterocycles. The van der Waals surface area contributed by atoms with Crippen molar-refractivity contribution in [1.82, 2.24) is 14.9 Å². The molecular formula is C14H16N6O3. The minimum Gasteiger partial charge on any atom is -0.464 e. The average molecular weight is 316 g/mol. The van der Waals surface area contributed by atoms with E-state index in [0.717, 1.165) is 17.4 Å². The van der Waals surface area contributed by atoms with Crippen LogP contribution in [-0.2, 0) is 9.53 Å². The van der Waals surface area contributed by atoms with Crippen LogP contribution in [0.25, 0.3) is 21.5 Å². The van der Waals surface area contributed by atoms with Crippen LogP contribution in [0.1, 0.15) is 19.8 Å². The molecule has 2 aromatic rings. The zero-order valence-electron chi connectivity index (χ0n) is 12.6. The minimum atomic E-state index is -0.617. The number of hydrogen-bond acceptors (Lipinski definition) is 5. The van der Waals surface area contributed by atoms with Gasteiger partial charge in [-0.2, -0.15) is 0 Å². The quantitative estimate of drug-likeness (QED) is 0.289. The van der Waals surface area contributed by atoms with Crippen LogP contribution in [-0.4, -0.2) is 34.7 Å². The molecule has 1 amide bonds. The van der Waals surface area contributed by atoms with E-state index in [1.165, 1.54) is 0 Å². The maximum atomic E-state index is 12.3. The number of rotatable bonds is 6. The molecule has 0 unspecified atom stereocenters. The second-order valence-electron chi connectivity index (χ2n) is 4.66. The summed E-state index contributed by atoms with van der Waals surface area (Å²) in [6, 6.07) is 6.22. The Labute approximate surface area is 131 Å². The fourth-order valence-corrected chi connectivity index (χ4v) is 1.93. The zero-order chi connectivity index (χ0) is 16.7. The van der Waals surface area contributed by atoms with Gasteiger partial charge >= 0.3 is 12.0 Å². The van der Waals surface area contributed by atoms with Crippen LogP contribution in [0.15, 0.2) is 29.4 Å². The molecular weight excluding hydrogens is 300 g/mol. The third-order valence-corrected chi connectivity index (χ3v) is 3.03. The van der Waals surface area contributed by atoms with E-state index in [0.29, 0.717) is 17.6 Å². The number of azide groups is 1. The summed E-state index contributed by atoms with van der Waals surface area (Å²) >= 11 is 0. The third kappa shape index (κ3) is 3.98. The summed E-state index contributed by atoms with van der Waals surface area (Å²) in [5, 5.41) is 5.84. The fraction of sp³-hybridized carbons (Fsp3) is 0.357. The van der Waals surface area contributed by atoms with Crippen LogP contribution in [0, 0.1) is 0 Å². The first-order chi connectivity index (χ1) is 11.2. The number of carbonyl (C=O) groups is 2. The number of imidazole rings is 1. The predicted molar refractivity (Wildman–Crippen MR) is 83.2 cm³/mol. The van der Waals surface area contributed by atoms with Crippen molar-refractivity contribution in [1.29, 1.82) is 0 Å². The number of ether oxygens (including phenoxy) is 1. The van der Waals surface area contributed by atoms with Crippen LogP contribution >= 0.6 is 0 Å². The number of esters is 1. The van der Waals surface area contributed by atoms with Crippen LogP contribution in [0.2, 0.25) is 0 Å². The van der Waals surface area contributed by atoms with Crippen LogP contribution in [0.3, 0.4) is 0 Å². The van der Waals surface area contributed by atoms with Gasteiger partial charge < -0.3 is 10.1 Å². The van der Waals surface area contributed by atoms with Crippen molar-refractivity contribution in [2.75, 3.05) is 13.2 Å². The number of unbranched alkanes of at least 4 members (excludes halogenated alkanes) is 1. The number of nitrogens with zero attached hydrogens (tertiary/aromatic N) is 5. The normalized spacial score (nSPS) is 10.1. The number of benzene rings is 1. The molecule has 0 aliphatic rings. The first kappa shape index (κ1) is 16.3. The minimum absolute atomic E-state index is 0.0921. The highest BCUT2D eigenvalue weighted by Crippen LogP contribution is 2.21. The van der Waals surface area contributed by atoms with Crippen molar-refractivity contribution < 1.29 is 14.3 Å². The number of amides is 1. The number of carbonyl (C=O) groups excluding carboxylic acids is 2. The van der Waals surface area contributed by atoms with Crippen molar-refractivity contribution in [3.05, 3.63) is 34.7 Å². The van der Waals surface area contributed by atoms with E-state index >= 15 is 0 Å². The Morgan fingerprint density at radius 2 is 2.22 bits per heavy atom. The van der Waals surface area contributed by atoms with Crippen LogP contribution < -0.4 is 5.32 Å². The van der Waals surface area contributed by atoms with E-state index in [4.69, 9.17) is 10.3 Å². The molecule has 120 valence electrons. The molecule has 9 nitrogen and oxygen atoms in total. The molecule has 23 heavy (non-hydrogen) atoms. The van der Waals surface area contributed by atoms with Crippen molar-refractivity contribution in [3.8, 4) is 0 Å². The van der Waals surface area contributed by atoms with E-state index in [1.54, 1.807) is 24.3 Å². The Kier molecular flexibility index (Phi) is 5.54. The fourth-order valence-electron chi connectivity index (χ4n) is 1.93. The lowest BCUT2D eigenvalue weighted by atomic mass is 10.3. The van der Waals surface area contributed by atoms with E-state index in [1.807, 2.05) is 6.92 Å². The van der Waals surface area contributed by atoms with Gasteiger partial charge in [-0.05, 0) is 29.2 Å². The number of fused-ring (bicyclic) bond motifs is 1. The van der Waals surface area contributed by atoms with Gasteiger partial charge in [0.25, 0.3) is 0 Å². The molecule has 1 aromatic heterocycles. The van der Waals surface area contributed by atoms with E-state index < -0.39 is 12.0 Å². The van der Waals surface area contributed by atoms with Gasteiger partial charge in [0.05, 0.1) is 17.6 Å².